The fourth-order valence-electron chi connectivity index (χ4n) is 1.78. The molecule has 0 spiro atoms. The van der Waals surface area contributed by atoms with Crippen LogP contribution in [-0.2, 0) is 6.54 Å². The summed E-state index contributed by atoms with van der Waals surface area (Å²) >= 11 is 6.11. The number of benzene rings is 1. The zero-order chi connectivity index (χ0) is 14.7. The Balaban J connectivity index is 2.18. The predicted molar refractivity (Wildman–Crippen MR) is 77.9 cm³/mol. The molecule has 20 heavy (non-hydrogen) atoms. The standard InChI is InChI=1S/C14H17ClN2O3/c1-8-9(2)20-14(17-8)7-16-11-5-10(15)12(18-3)6-13(11)19-4/h5-6,16H,7H2,1-4H3. The minimum Gasteiger partial charge on any atom is -0.495 e. The molecule has 5 nitrogen and oxygen atoms in total. The summed E-state index contributed by atoms with van der Waals surface area (Å²) in [5, 5.41) is 3.70. The molecule has 6 heteroatoms. The van der Waals surface area contributed by atoms with Crippen LogP contribution in [0, 0.1) is 13.8 Å². The van der Waals surface area contributed by atoms with Crippen LogP contribution in [0.3, 0.4) is 0 Å². The molecule has 2 aromatic rings. The van der Waals surface area contributed by atoms with E-state index in [1.807, 2.05) is 13.8 Å². The third kappa shape index (κ3) is 2.99. The summed E-state index contributed by atoms with van der Waals surface area (Å²) in [5.74, 6) is 2.65. The van der Waals surface area contributed by atoms with Crippen molar-refractivity contribution in [3.05, 3.63) is 34.5 Å². The van der Waals surface area contributed by atoms with Crippen LogP contribution >= 0.6 is 11.6 Å². The maximum atomic E-state index is 6.11. The Hall–Kier alpha value is -1.88. The molecule has 1 aromatic carbocycles. The highest BCUT2D eigenvalue weighted by Crippen LogP contribution is 2.36. The number of nitrogens with zero attached hydrogens (tertiary/aromatic N) is 1. The number of nitrogens with one attached hydrogen (secondary N) is 1. The highest BCUT2D eigenvalue weighted by atomic mass is 35.5. The molecular formula is C14H17ClN2O3. The van der Waals surface area contributed by atoms with Crippen molar-refractivity contribution in [3.63, 3.8) is 0 Å². The van der Waals surface area contributed by atoms with Gasteiger partial charge in [-0.15, -0.1) is 0 Å². The first kappa shape index (κ1) is 14.5. The number of methoxy groups -OCH3 is 2. The normalized spacial score (nSPS) is 10.4. The van der Waals surface area contributed by atoms with Crippen LogP contribution in [0.4, 0.5) is 5.69 Å². The zero-order valence-electron chi connectivity index (χ0n) is 11.9. The lowest BCUT2D eigenvalue weighted by molar-refractivity contribution is 0.395. The molecule has 1 heterocycles. The maximum Gasteiger partial charge on any atom is 0.213 e. The van der Waals surface area contributed by atoms with Crippen LogP contribution in [0.2, 0.25) is 5.02 Å². The average Bonchev–Trinajstić information content (AvgIpc) is 2.75. The number of aromatic nitrogens is 1. The Morgan fingerprint density at radius 1 is 1.20 bits per heavy atom. The van der Waals surface area contributed by atoms with Gasteiger partial charge in [0.2, 0.25) is 5.89 Å². The van der Waals surface area contributed by atoms with Crippen LogP contribution in [0.5, 0.6) is 11.5 Å². The van der Waals surface area contributed by atoms with E-state index in [-0.39, 0.29) is 0 Å². The van der Waals surface area contributed by atoms with Gasteiger partial charge in [0.1, 0.15) is 17.3 Å². The molecule has 0 fully saturated rings. The van der Waals surface area contributed by atoms with Gasteiger partial charge in [0.05, 0.1) is 37.2 Å². The molecular weight excluding hydrogens is 280 g/mol. The lowest BCUT2D eigenvalue weighted by Crippen LogP contribution is -2.02. The second-order valence-corrected chi connectivity index (χ2v) is 4.70. The molecule has 0 atom stereocenters. The van der Waals surface area contributed by atoms with E-state index < -0.39 is 0 Å². The first-order valence-electron chi connectivity index (χ1n) is 6.13. The Kier molecular flexibility index (Phi) is 4.39. The number of halogens is 1. The first-order valence-corrected chi connectivity index (χ1v) is 6.51. The maximum absolute atomic E-state index is 6.11. The van der Waals surface area contributed by atoms with E-state index in [2.05, 4.69) is 10.3 Å². The van der Waals surface area contributed by atoms with Crippen LogP contribution < -0.4 is 14.8 Å². The van der Waals surface area contributed by atoms with Crippen LogP contribution in [0.25, 0.3) is 0 Å². The van der Waals surface area contributed by atoms with E-state index in [0.29, 0.717) is 29.0 Å². The van der Waals surface area contributed by atoms with Crippen molar-refractivity contribution in [3.8, 4) is 11.5 Å². The van der Waals surface area contributed by atoms with Gasteiger partial charge in [-0.3, -0.25) is 0 Å². The molecule has 0 saturated carbocycles. The monoisotopic (exact) mass is 296 g/mol. The average molecular weight is 297 g/mol. The van der Waals surface area contributed by atoms with Crippen LogP contribution in [0.15, 0.2) is 16.5 Å². The molecule has 0 aliphatic rings. The van der Waals surface area contributed by atoms with Crippen molar-refractivity contribution >= 4 is 17.3 Å². The molecule has 0 saturated heterocycles. The lowest BCUT2D eigenvalue weighted by Gasteiger charge is -2.12. The summed E-state index contributed by atoms with van der Waals surface area (Å²) in [7, 11) is 3.15. The Morgan fingerprint density at radius 2 is 1.90 bits per heavy atom. The predicted octanol–water partition coefficient (Wildman–Crippen LogP) is 3.57. The van der Waals surface area contributed by atoms with Gasteiger partial charge in [-0.05, 0) is 19.9 Å². The van der Waals surface area contributed by atoms with Gasteiger partial charge in [-0.25, -0.2) is 4.98 Å². The SMILES string of the molecule is COc1cc(OC)c(NCc2nc(C)c(C)o2)cc1Cl. The second-order valence-electron chi connectivity index (χ2n) is 4.29. The third-order valence-electron chi connectivity index (χ3n) is 2.98. The van der Waals surface area contributed by atoms with E-state index in [9.17, 15) is 0 Å². The largest absolute Gasteiger partial charge is 0.495 e. The number of ether oxygens (including phenoxy) is 2. The van der Waals surface area contributed by atoms with Crippen molar-refractivity contribution in [1.29, 1.82) is 0 Å². The number of rotatable bonds is 5. The molecule has 0 amide bonds. The van der Waals surface area contributed by atoms with Gasteiger partial charge in [-0.1, -0.05) is 11.6 Å². The fourth-order valence-corrected chi connectivity index (χ4v) is 2.02. The summed E-state index contributed by atoms with van der Waals surface area (Å²) < 4.78 is 16.0. The van der Waals surface area contributed by atoms with Crippen molar-refractivity contribution in [2.24, 2.45) is 0 Å². The summed E-state index contributed by atoms with van der Waals surface area (Å²) in [5.41, 5.74) is 1.65. The molecule has 0 aliphatic heterocycles. The van der Waals surface area contributed by atoms with Gasteiger partial charge in [0.25, 0.3) is 0 Å². The van der Waals surface area contributed by atoms with Crippen molar-refractivity contribution < 1.29 is 13.9 Å². The Morgan fingerprint density at radius 3 is 2.45 bits per heavy atom. The van der Waals surface area contributed by atoms with Crippen LogP contribution in [0.1, 0.15) is 17.3 Å². The van der Waals surface area contributed by atoms with Crippen molar-refractivity contribution in [1.82, 2.24) is 4.98 Å². The lowest BCUT2D eigenvalue weighted by atomic mass is 10.2. The van der Waals surface area contributed by atoms with Gasteiger partial charge in [-0.2, -0.15) is 0 Å². The molecule has 0 unspecified atom stereocenters. The minimum absolute atomic E-state index is 0.452. The summed E-state index contributed by atoms with van der Waals surface area (Å²) in [6.45, 7) is 4.25. The number of aryl methyl sites for hydroxylation is 2. The quantitative estimate of drug-likeness (QED) is 0.914. The van der Waals surface area contributed by atoms with Gasteiger partial charge < -0.3 is 19.2 Å². The minimum atomic E-state index is 0.452. The van der Waals surface area contributed by atoms with E-state index in [0.717, 1.165) is 17.1 Å². The van der Waals surface area contributed by atoms with E-state index in [4.69, 9.17) is 25.5 Å². The molecule has 0 aliphatic carbocycles. The second kappa shape index (κ2) is 6.05. The zero-order valence-corrected chi connectivity index (χ0v) is 12.7. The fraction of sp³-hybridized carbons (Fsp3) is 0.357. The number of anilines is 1. The smallest absolute Gasteiger partial charge is 0.213 e. The Labute approximate surface area is 122 Å². The summed E-state index contributed by atoms with van der Waals surface area (Å²) in [4.78, 5) is 4.31. The molecule has 0 bridgehead atoms. The van der Waals surface area contributed by atoms with Gasteiger partial charge in [0.15, 0.2) is 0 Å². The number of hydrogen-bond donors (Lipinski definition) is 1. The number of hydrogen-bond acceptors (Lipinski definition) is 5. The molecule has 1 N–H and O–H groups in total. The highest BCUT2D eigenvalue weighted by Gasteiger charge is 2.11. The van der Waals surface area contributed by atoms with E-state index in [1.54, 1.807) is 26.4 Å². The first-order chi connectivity index (χ1) is 9.55. The molecule has 2 rings (SSSR count). The van der Waals surface area contributed by atoms with E-state index in [1.165, 1.54) is 0 Å². The Bertz CT molecular complexity index is 591. The molecule has 1 aromatic heterocycles. The highest BCUT2D eigenvalue weighted by molar-refractivity contribution is 6.32. The topological polar surface area (TPSA) is 56.5 Å². The number of oxazole rings is 1. The molecule has 0 radical (unpaired) electrons. The summed E-state index contributed by atoms with van der Waals surface area (Å²) in [6.07, 6.45) is 0. The third-order valence-corrected chi connectivity index (χ3v) is 3.27. The van der Waals surface area contributed by atoms with Gasteiger partial charge in [0, 0.05) is 6.07 Å². The summed E-state index contributed by atoms with van der Waals surface area (Å²) in [6, 6.07) is 3.48. The van der Waals surface area contributed by atoms with E-state index >= 15 is 0 Å². The van der Waals surface area contributed by atoms with Crippen LogP contribution in [-0.4, -0.2) is 19.2 Å². The van der Waals surface area contributed by atoms with Crippen molar-refractivity contribution in [2.75, 3.05) is 19.5 Å². The van der Waals surface area contributed by atoms with Crippen molar-refractivity contribution in [2.45, 2.75) is 20.4 Å². The molecule has 108 valence electrons. The van der Waals surface area contributed by atoms with Gasteiger partial charge >= 0.3 is 0 Å².